The van der Waals surface area contributed by atoms with Crippen molar-refractivity contribution in [1.29, 1.82) is 0 Å². The van der Waals surface area contributed by atoms with E-state index in [-0.39, 0.29) is 18.8 Å². The van der Waals surface area contributed by atoms with Crippen LogP contribution in [0.5, 0.6) is 0 Å². The Balaban J connectivity index is 1.66. The maximum Gasteiger partial charge on any atom is 0.303 e. The highest BCUT2D eigenvalue weighted by atomic mass is 19.1. The van der Waals surface area contributed by atoms with Gasteiger partial charge in [-0.3, -0.25) is 4.79 Å². The van der Waals surface area contributed by atoms with Gasteiger partial charge in [0.1, 0.15) is 11.5 Å². The Labute approximate surface area is 158 Å². The summed E-state index contributed by atoms with van der Waals surface area (Å²) in [4.78, 5) is 16.3. The third kappa shape index (κ3) is 3.56. The number of benzene rings is 1. The number of carboxylic acid groups (broad SMARTS) is 1. The number of carboxylic acids is 1. The van der Waals surface area contributed by atoms with Crippen LogP contribution < -0.4 is 0 Å². The monoisotopic (exact) mass is 381 g/mol. The van der Waals surface area contributed by atoms with Crippen LogP contribution in [-0.4, -0.2) is 46.0 Å². The van der Waals surface area contributed by atoms with Crippen LogP contribution in [0.25, 0.3) is 22.6 Å². The maximum absolute atomic E-state index is 14.0. The standard InChI is InChI=1S/C18H16FN7O2/c19-14-7-2-1-5-12(14)11-25-18-13(6-3-9-20-18)16(22-25)17-21-24-26(23-17)10-4-8-15(27)28/h1-3,5-7,9H,4,8,10-11H2,(H,27,28). The summed E-state index contributed by atoms with van der Waals surface area (Å²) in [5, 5.41) is 26.3. The average molecular weight is 381 g/mol. The van der Waals surface area contributed by atoms with E-state index in [1.165, 1.54) is 10.9 Å². The minimum Gasteiger partial charge on any atom is -0.481 e. The molecule has 0 spiro atoms. The van der Waals surface area contributed by atoms with Gasteiger partial charge in [0.05, 0.1) is 18.5 Å². The molecule has 142 valence electrons. The third-order valence-electron chi connectivity index (χ3n) is 4.20. The van der Waals surface area contributed by atoms with E-state index in [1.807, 2.05) is 6.07 Å². The zero-order valence-corrected chi connectivity index (χ0v) is 14.7. The van der Waals surface area contributed by atoms with Crippen molar-refractivity contribution in [2.24, 2.45) is 0 Å². The molecule has 0 unspecified atom stereocenters. The van der Waals surface area contributed by atoms with E-state index in [0.717, 1.165) is 5.39 Å². The molecule has 4 aromatic rings. The van der Waals surface area contributed by atoms with Gasteiger partial charge in [-0.25, -0.2) is 14.1 Å². The molecule has 0 saturated carbocycles. The zero-order valence-electron chi connectivity index (χ0n) is 14.7. The number of fused-ring (bicyclic) bond motifs is 1. The summed E-state index contributed by atoms with van der Waals surface area (Å²) in [6.07, 6.45) is 2.07. The number of tetrazole rings is 1. The summed E-state index contributed by atoms with van der Waals surface area (Å²) in [6, 6.07) is 10.1. The van der Waals surface area contributed by atoms with Crippen LogP contribution in [0.15, 0.2) is 42.6 Å². The highest BCUT2D eigenvalue weighted by Crippen LogP contribution is 2.24. The lowest BCUT2D eigenvalue weighted by atomic mass is 10.2. The van der Waals surface area contributed by atoms with E-state index in [2.05, 4.69) is 25.5 Å². The van der Waals surface area contributed by atoms with Crippen molar-refractivity contribution in [2.75, 3.05) is 0 Å². The normalized spacial score (nSPS) is 11.2. The number of pyridine rings is 1. The second-order valence-electron chi connectivity index (χ2n) is 6.18. The van der Waals surface area contributed by atoms with Crippen LogP contribution in [0.1, 0.15) is 18.4 Å². The predicted molar refractivity (Wildman–Crippen MR) is 96.7 cm³/mol. The summed E-state index contributed by atoms with van der Waals surface area (Å²) in [7, 11) is 0. The highest BCUT2D eigenvalue weighted by Gasteiger charge is 2.18. The molecule has 0 aliphatic carbocycles. The van der Waals surface area contributed by atoms with Gasteiger partial charge in [0.25, 0.3) is 0 Å². The number of aryl methyl sites for hydroxylation is 1. The molecule has 1 aromatic carbocycles. The Kier molecular flexibility index (Phi) is 4.75. The molecule has 0 amide bonds. The molecular weight excluding hydrogens is 365 g/mol. The molecule has 0 aliphatic rings. The van der Waals surface area contributed by atoms with Gasteiger partial charge >= 0.3 is 5.97 Å². The molecule has 9 nitrogen and oxygen atoms in total. The SMILES string of the molecule is O=C(O)CCCn1nnc(-c2nn(Cc3ccccc3F)c3ncccc23)n1. The largest absolute Gasteiger partial charge is 0.481 e. The summed E-state index contributed by atoms with van der Waals surface area (Å²) in [6.45, 7) is 0.554. The van der Waals surface area contributed by atoms with Crippen molar-refractivity contribution in [1.82, 2.24) is 35.0 Å². The number of carbonyl (C=O) groups is 1. The minimum absolute atomic E-state index is 0.0288. The molecular formula is C18H16FN7O2. The fourth-order valence-electron chi connectivity index (χ4n) is 2.88. The summed E-state index contributed by atoms with van der Waals surface area (Å²) in [5.74, 6) is -0.879. The molecule has 0 bridgehead atoms. The Morgan fingerprint density at radius 2 is 2.00 bits per heavy atom. The molecule has 3 aromatic heterocycles. The number of halogens is 1. The zero-order chi connectivity index (χ0) is 19.5. The quantitative estimate of drug-likeness (QED) is 0.522. The van der Waals surface area contributed by atoms with E-state index in [4.69, 9.17) is 5.11 Å². The van der Waals surface area contributed by atoms with Gasteiger partial charge in [0.2, 0.25) is 5.82 Å². The first kappa shape index (κ1) is 17.7. The maximum atomic E-state index is 14.0. The van der Waals surface area contributed by atoms with Gasteiger partial charge in [0, 0.05) is 18.2 Å². The van der Waals surface area contributed by atoms with Gasteiger partial charge < -0.3 is 5.11 Å². The Hall–Kier alpha value is -3.69. The van der Waals surface area contributed by atoms with Gasteiger partial charge in [-0.2, -0.15) is 9.90 Å². The Morgan fingerprint density at radius 3 is 2.82 bits per heavy atom. The fourth-order valence-corrected chi connectivity index (χ4v) is 2.88. The van der Waals surface area contributed by atoms with Gasteiger partial charge in [-0.1, -0.05) is 18.2 Å². The first-order chi connectivity index (χ1) is 13.6. The average Bonchev–Trinajstić information content (AvgIpc) is 3.28. The van der Waals surface area contributed by atoms with E-state index in [1.54, 1.807) is 35.1 Å². The molecule has 0 atom stereocenters. The Morgan fingerprint density at radius 1 is 1.14 bits per heavy atom. The highest BCUT2D eigenvalue weighted by molar-refractivity contribution is 5.88. The van der Waals surface area contributed by atoms with Gasteiger partial charge in [-0.05, 0) is 29.8 Å². The van der Waals surface area contributed by atoms with Crippen molar-refractivity contribution in [3.63, 3.8) is 0 Å². The van der Waals surface area contributed by atoms with Crippen LogP contribution in [0.4, 0.5) is 4.39 Å². The number of nitrogens with zero attached hydrogens (tertiary/aromatic N) is 7. The summed E-state index contributed by atoms with van der Waals surface area (Å²) >= 11 is 0. The molecule has 28 heavy (non-hydrogen) atoms. The topological polar surface area (TPSA) is 112 Å². The van der Waals surface area contributed by atoms with Crippen LogP contribution in [-0.2, 0) is 17.9 Å². The van der Waals surface area contributed by atoms with E-state index < -0.39 is 5.97 Å². The van der Waals surface area contributed by atoms with Crippen molar-refractivity contribution in [3.05, 3.63) is 54.0 Å². The van der Waals surface area contributed by atoms with E-state index >= 15 is 0 Å². The second kappa shape index (κ2) is 7.51. The minimum atomic E-state index is -0.871. The van der Waals surface area contributed by atoms with Crippen molar-refractivity contribution in [2.45, 2.75) is 25.9 Å². The number of hydrogen-bond donors (Lipinski definition) is 1. The van der Waals surface area contributed by atoms with E-state index in [0.29, 0.717) is 35.7 Å². The lowest BCUT2D eigenvalue weighted by Gasteiger charge is -2.04. The predicted octanol–water partition coefficient (Wildman–Crippen LogP) is 2.14. The molecule has 0 aliphatic heterocycles. The van der Waals surface area contributed by atoms with E-state index in [9.17, 15) is 9.18 Å². The first-order valence-electron chi connectivity index (χ1n) is 8.67. The fraction of sp³-hybridized carbons (Fsp3) is 0.222. The van der Waals surface area contributed by atoms with Crippen LogP contribution >= 0.6 is 0 Å². The summed E-state index contributed by atoms with van der Waals surface area (Å²) in [5.41, 5.74) is 1.57. The number of rotatable bonds is 7. The van der Waals surface area contributed by atoms with Crippen molar-refractivity contribution in [3.8, 4) is 11.5 Å². The third-order valence-corrected chi connectivity index (χ3v) is 4.20. The Bertz CT molecular complexity index is 1140. The molecule has 1 N–H and O–H groups in total. The van der Waals surface area contributed by atoms with Crippen LogP contribution in [0.2, 0.25) is 0 Å². The lowest BCUT2D eigenvalue weighted by molar-refractivity contribution is -0.137. The molecule has 0 radical (unpaired) electrons. The van der Waals surface area contributed by atoms with Crippen LogP contribution in [0.3, 0.4) is 0 Å². The second-order valence-corrected chi connectivity index (χ2v) is 6.18. The number of hydrogen-bond acceptors (Lipinski definition) is 6. The molecule has 3 heterocycles. The molecule has 4 rings (SSSR count). The van der Waals surface area contributed by atoms with Crippen molar-refractivity contribution < 1.29 is 14.3 Å². The lowest BCUT2D eigenvalue weighted by Crippen LogP contribution is -2.05. The smallest absolute Gasteiger partial charge is 0.303 e. The van der Waals surface area contributed by atoms with Crippen molar-refractivity contribution >= 4 is 17.0 Å². The molecule has 0 fully saturated rings. The first-order valence-corrected chi connectivity index (χ1v) is 8.67. The molecule has 10 heteroatoms. The van der Waals surface area contributed by atoms with Gasteiger partial charge in [0.15, 0.2) is 5.65 Å². The number of aromatic nitrogens is 7. The van der Waals surface area contributed by atoms with Gasteiger partial charge in [-0.15, -0.1) is 10.2 Å². The molecule has 0 saturated heterocycles. The summed E-state index contributed by atoms with van der Waals surface area (Å²) < 4.78 is 15.6. The number of aliphatic carboxylic acids is 1. The van der Waals surface area contributed by atoms with Crippen LogP contribution in [0, 0.1) is 5.82 Å².